The van der Waals surface area contributed by atoms with Crippen LogP contribution in [0.1, 0.15) is 36.2 Å². The summed E-state index contributed by atoms with van der Waals surface area (Å²) in [6, 6.07) is 13.5. The average Bonchev–Trinajstić information content (AvgIpc) is 2.91. The lowest BCUT2D eigenvalue weighted by molar-refractivity contribution is -0.119. The van der Waals surface area contributed by atoms with Gasteiger partial charge in [-0.3, -0.25) is 14.2 Å². The minimum atomic E-state index is -0.300. The van der Waals surface area contributed by atoms with E-state index in [1.807, 2.05) is 42.2 Å². The van der Waals surface area contributed by atoms with Gasteiger partial charge in [-0.2, -0.15) is 0 Å². The van der Waals surface area contributed by atoms with Crippen molar-refractivity contribution in [1.82, 2.24) is 9.55 Å². The fourth-order valence-electron chi connectivity index (χ4n) is 3.92. The van der Waals surface area contributed by atoms with E-state index in [2.05, 4.69) is 13.0 Å². The summed E-state index contributed by atoms with van der Waals surface area (Å²) in [5.74, 6) is 0.438. The van der Waals surface area contributed by atoms with E-state index in [0.717, 1.165) is 23.2 Å². The van der Waals surface area contributed by atoms with Crippen molar-refractivity contribution in [2.45, 2.75) is 32.6 Å². The van der Waals surface area contributed by atoms with Crippen molar-refractivity contribution in [3.05, 3.63) is 69.8 Å². The molecule has 138 valence electrons. The lowest BCUT2D eigenvalue weighted by Gasteiger charge is -2.17. The quantitative estimate of drug-likeness (QED) is 0.716. The summed E-state index contributed by atoms with van der Waals surface area (Å²) in [4.78, 5) is 32.4. The Morgan fingerprint density at radius 3 is 2.67 bits per heavy atom. The van der Waals surface area contributed by atoms with Gasteiger partial charge in [0.05, 0.1) is 16.8 Å². The minimum absolute atomic E-state index is 0.0732. The second-order valence-corrected chi connectivity index (χ2v) is 7.22. The molecule has 0 spiro atoms. The molecule has 1 aromatic heterocycles. The normalized spacial score (nSPS) is 16.2. The van der Waals surface area contributed by atoms with Gasteiger partial charge in [-0.1, -0.05) is 36.8 Å². The monoisotopic (exact) mass is 361 g/mol. The van der Waals surface area contributed by atoms with Gasteiger partial charge < -0.3 is 4.90 Å². The summed E-state index contributed by atoms with van der Waals surface area (Å²) in [5, 5.41) is 0.602. The Bertz CT molecular complexity index is 1100. The smallest absolute Gasteiger partial charge is 0.261 e. The van der Waals surface area contributed by atoms with Crippen LogP contribution in [0.4, 0.5) is 5.69 Å². The number of carbonyl (C=O) groups excluding carboxylic acids is 1. The van der Waals surface area contributed by atoms with E-state index in [9.17, 15) is 9.59 Å². The van der Waals surface area contributed by atoms with E-state index in [-0.39, 0.29) is 17.4 Å². The highest BCUT2D eigenvalue weighted by Crippen LogP contribution is 2.39. The maximum Gasteiger partial charge on any atom is 0.261 e. The third-order valence-corrected chi connectivity index (χ3v) is 5.32. The molecular weight excluding hydrogens is 338 g/mol. The van der Waals surface area contributed by atoms with E-state index in [4.69, 9.17) is 4.98 Å². The number of para-hydroxylation sites is 1. The van der Waals surface area contributed by atoms with Crippen LogP contribution in [-0.4, -0.2) is 22.0 Å². The van der Waals surface area contributed by atoms with Crippen molar-refractivity contribution >= 4 is 22.5 Å². The Morgan fingerprint density at radius 1 is 1.11 bits per heavy atom. The second kappa shape index (κ2) is 6.65. The minimum Gasteiger partial charge on any atom is -0.312 e. The average molecular weight is 361 g/mol. The molecule has 1 atom stereocenters. The second-order valence-electron chi connectivity index (χ2n) is 7.22. The van der Waals surface area contributed by atoms with Gasteiger partial charge in [-0.15, -0.1) is 0 Å². The van der Waals surface area contributed by atoms with Gasteiger partial charge in [0.15, 0.2) is 0 Å². The lowest BCUT2D eigenvalue weighted by Crippen LogP contribution is -2.31. The van der Waals surface area contributed by atoms with Crippen molar-refractivity contribution in [2.24, 2.45) is 7.05 Å². The first-order valence-electron chi connectivity index (χ1n) is 9.37. The molecule has 0 saturated carbocycles. The number of benzene rings is 2. The standard InChI is InChI=1S/C22H23N3O2/c1-4-11-25-19-10-9-14(2)12-16(19)17(22(25)27)13-20-23-18-8-6-5-7-15(18)21(26)24(20)3/h5-10,12,17H,4,11,13H2,1-3H3/t17-/m1/s1. The van der Waals surface area contributed by atoms with Gasteiger partial charge in [-0.25, -0.2) is 4.98 Å². The zero-order valence-electron chi connectivity index (χ0n) is 15.9. The number of rotatable bonds is 4. The van der Waals surface area contributed by atoms with Crippen LogP contribution in [0.15, 0.2) is 47.3 Å². The molecule has 0 fully saturated rings. The van der Waals surface area contributed by atoms with Crippen molar-refractivity contribution in [3.8, 4) is 0 Å². The molecule has 0 saturated heterocycles. The van der Waals surface area contributed by atoms with Crippen molar-refractivity contribution < 1.29 is 4.79 Å². The number of carbonyl (C=O) groups is 1. The van der Waals surface area contributed by atoms with Crippen LogP contribution in [-0.2, 0) is 18.3 Å². The third kappa shape index (κ3) is 2.83. The predicted octanol–water partition coefficient (Wildman–Crippen LogP) is 3.32. The molecule has 1 aliphatic heterocycles. The SMILES string of the molecule is CCCN1C(=O)[C@H](Cc2nc3ccccc3c(=O)n2C)c2cc(C)ccc21. The number of nitrogens with zero attached hydrogens (tertiary/aromatic N) is 3. The van der Waals surface area contributed by atoms with E-state index < -0.39 is 0 Å². The first-order chi connectivity index (χ1) is 13.0. The molecule has 0 radical (unpaired) electrons. The topological polar surface area (TPSA) is 55.2 Å². The van der Waals surface area contributed by atoms with Crippen LogP contribution in [0.2, 0.25) is 0 Å². The summed E-state index contributed by atoms with van der Waals surface area (Å²) < 4.78 is 1.58. The number of anilines is 1. The van der Waals surface area contributed by atoms with E-state index >= 15 is 0 Å². The van der Waals surface area contributed by atoms with Gasteiger partial charge >= 0.3 is 0 Å². The Balaban J connectivity index is 1.80. The molecule has 0 unspecified atom stereocenters. The highest BCUT2D eigenvalue weighted by molar-refractivity contribution is 6.05. The Hall–Kier alpha value is -2.95. The molecule has 2 heterocycles. The van der Waals surface area contributed by atoms with E-state index in [1.165, 1.54) is 0 Å². The highest BCUT2D eigenvalue weighted by atomic mass is 16.2. The number of aromatic nitrogens is 2. The molecule has 5 heteroatoms. The fourth-order valence-corrected chi connectivity index (χ4v) is 3.92. The van der Waals surface area contributed by atoms with Crippen LogP contribution in [0.5, 0.6) is 0 Å². The Labute approximate surface area is 158 Å². The van der Waals surface area contributed by atoms with Crippen LogP contribution < -0.4 is 10.5 Å². The largest absolute Gasteiger partial charge is 0.312 e. The zero-order valence-corrected chi connectivity index (χ0v) is 15.9. The van der Waals surface area contributed by atoms with Crippen molar-refractivity contribution in [1.29, 1.82) is 0 Å². The Kier molecular flexibility index (Phi) is 4.30. The first kappa shape index (κ1) is 17.5. The van der Waals surface area contributed by atoms with Crippen LogP contribution >= 0.6 is 0 Å². The number of hydrogen-bond donors (Lipinski definition) is 0. The molecule has 27 heavy (non-hydrogen) atoms. The molecule has 1 aliphatic rings. The molecule has 4 rings (SSSR count). The molecule has 0 bridgehead atoms. The molecular formula is C22H23N3O2. The summed E-state index contributed by atoms with van der Waals surface area (Å²) >= 11 is 0. The van der Waals surface area contributed by atoms with E-state index in [1.54, 1.807) is 17.7 Å². The summed E-state index contributed by atoms with van der Waals surface area (Å²) in [6.45, 7) is 4.81. The molecule has 0 N–H and O–H groups in total. The maximum atomic E-state index is 13.1. The molecule has 1 amide bonds. The first-order valence-corrected chi connectivity index (χ1v) is 9.37. The number of fused-ring (bicyclic) bond motifs is 2. The summed E-state index contributed by atoms with van der Waals surface area (Å²) in [5.41, 5.74) is 3.76. The summed E-state index contributed by atoms with van der Waals surface area (Å²) in [7, 11) is 1.73. The van der Waals surface area contributed by atoms with Crippen LogP contribution in [0.3, 0.4) is 0 Å². The van der Waals surface area contributed by atoms with Gasteiger partial charge in [0.1, 0.15) is 5.82 Å². The van der Waals surface area contributed by atoms with Crippen LogP contribution in [0.25, 0.3) is 10.9 Å². The lowest BCUT2D eigenvalue weighted by atomic mass is 9.95. The Morgan fingerprint density at radius 2 is 1.89 bits per heavy atom. The maximum absolute atomic E-state index is 13.1. The summed E-state index contributed by atoms with van der Waals surface area (Å²) in [6.07, 6.45) is 1.32. The number of hydrogen-bond acceptors (Lipinski definition) is 3. The fraction of sp³-hybridized carbons (Fsp3) is 0.318. The number of aryl methyl sites for hydroxylation is 1. The van der Waals surface area contributed by atoms with Crippen molar-refractivity contribution in [3.63, 3.8) is 0 Å². The van der Waals surface area contributed by atoms with Gasteiger partial charge in [0.2, 0.25) is 5.91 Å². The van der Waals surface area contributed by atoms with Crippen LogP contribution in [0, 0.1) is 6.92 Å². The van der Waals surface area contributed by atoms with Crippen molar-refractivity contribution in [2.75, 3.05) is 11.4 Å². The number of amides is 1. The van der Waals surface area contributed by atoms with Gasteiger partial charge in [0.25, 0.3) is 5.56 Å². The zero-order chi connectivity index (χ0) is 19.1. The molecule has 2 aromatic carbocycles. The third-order valence-electron chi connectivity index (χ3n) is 5.32. The highest BCUT2D eigenvalue weighted by Gasteiger charge is 2.37. The van der Waals surface area contributed by atoms with E-state index in [0.29, 0.717) is 29.7 Å². The molecule has 5 nitrogen and oxygen atoms in total. The van der Waals surface area contributed by atoms with Gasteiger partial charge in [0, 0.05) is 25.7 Å². The molecule has 0 aliphatic carbocycles. The molecule has 3 aromatic rings. The van der Waals surface area contributed by atoms with Gasteiger partial charge in [-0.05, 0) is 37.1 Å². The predicted molar refractivity (Wildman–Crippen MR) is 107 cm³/mol.